The number of hydrogen-bond donors (Lipinski definition) is 1. The van der Waals surface area contributed by atoms with E-state index < -0.39 is 0 Å². The van der Waals surface area contributed by atoms with Gasteiger partial charge in [-0.1, -0.05) is 65.0 Å². The van der Waals surface area contributed by atoms with Crippen LogP contribution in [0, 0.1) is 0 Å². The van der Waals surface area contributed by atoms with Crippen LogP contribution >= 0.6 is 34.7 Å². The number of rotatable bonds is 7. The molecule has 1 amide bonds. The van der Waals surface area contributed by atoms with Gasteiger partial charge in [0.15, 0.2) is 4.34 Å². The van der Waals surface area contributed by atoms with Gasteiger partial charge in [-0.25, -0.2) is 5.01 Å². The first-order valence-corrected chi connectivity index (χ1v) is 12.3. The van der Waals surface area contributed by atoms with Crippen molar-refractivity contribution in [2.24, 2.45) is 5.10 Å². The number of thioether (sulfide) groups is 1. The van der Waals surface area contributed by atoms with Gasteiger partial charge in [-0.15, -0.1) is 10.2 Å². The van der Waals surface area contributed by atoms with Gasteiger partial charge in [0.25, 0.3) is 5.91 Å². The van der Waals surface area contributed by atoms with E-state index >= 15 is 0 Å². The molecule has 3 heterocycles. The third-order valence-electron chi connectivity index (χ3n) is 4.97. The number of anilines is 2. The van der Waals surface area contributed by atoms with E-state index in [0.717, 1.165) is 17.0 Å². The average Bonchev–Trinajstić information content (AvgIpc) is 3.59. The Hall–Kier alpha value is -3.14. The minimum atomic E-state index is -0.288. The minimum Gasteiger partial charge on any atom is -0.467 e. The van der Waals surface area contributed by atoms with Crippen LogP contribution in [-0.2, 0) is 4.79 Å². The molecule has 0 bridgehead atoms. The summed E-state index contributed by atoms with van der Waals surface area (Å²) in [4.78, 5) is 13.1. The van der Waals surface area contributed by atoms with Crippen molar-refractivity contribution in [3.63, 3.8) is 0 Å². The highest BCUT2D eigenvalue weighted by Gasteiger charge is 2.34. The van der Waals surface area contributed by atoms with E-state index in [4.69, 9.17) is 16.0 Å². The van der Waals surface area contributed by atoms with Crippen molar-refractivity contribution in [1.82, 2.24) is 15.2 Å². The highest BCUT2D eigenvalue weighted by atomic mass is 35.5. The molecule has 0 saturated heterocycles. The van der Waals surface area contributed by atoms with Crippen LogP contribution in [0.1, 0.15) is 23.8 Å². The predicted molar refractivity (Wildman–Crippen MR) is 131 cm³/mol. The van der Waals surface area contributed by atoms with Gasteiger partial charge in [0, 0.05) is 17.1 Å². The van der Waals surface area contributed by atoms with E-state index in [2.05, 4.69) is 20.6 Å². The number of carbonyl (C=O) groups is 1. The maximum absolute atomic E-state index is 13.1. The Balaban J connectivity index is 1.28. The number of hydrazone groups is 1. The summed E-state index contributed by atoms with van der Waals surface area (Å²) >= 11 is 8.76. The van der Waals surface area contributed by atoms with E-state index in [1.54, 1.807) is 6.26 Å². The first-order chi connectivity index (χ1) is 16.2. The van der Waals surface area contributed by atoms with Crippen molar-refractivity contribution in [2.75, 3.05) is 11.1 Å². The second kappa shape index (κ2) is 9.78. The molecule has 1 atom stereocenters. The van der Waals surface area contributed by atoms with Crippen LogP contribution in [-0.4, -0.2) is 32.6 Å². The van der Waals surface area contributed by atoms with E-state index in [1.165, 1.54) is 28.1 Å². The summed E-state index contributed by atoms with van der Waals surface area (Å²) in [7, 11) is 0. The maximum Gasteiger partial charge on any atom is 0.253 e. The van der Waals surface area contributed by atoms with Gasteiger partial charge >= 0.3 is 0 Å². The van der Waals surface area contributed by atoms with Crippen LogP contribution in [0.4, 0.5) is 10.8 Å². The Kier molecular flexibility index (Phi) is 6.43. The fourth-order valence-electron chi connectivity index (χ4n) is 3.41. The number of benzene rings is 2. The van der Waals surface area contributed by atoms with Gasteiger partial charge in [-0.3, -0.25) is 4.79 Å². The van der Waals surface area contributed by atoms with Gasteiger partial charge in [-0.2, -0.15) is 5.10 Å². The summed E-state index contributed by atoms with van der Waals surface area (Å²) in [6, 6.07) is 20.6. The number of amides is 1. The molecule has 5 rings (SSSR count). The molecule has 0 fully saturated rings. The van der Waals surface area contributed by atoms with Crippen molar-refractivity contribution >= 4 is 57.1 Å². The molecular weight excluding hydrogens is 478 g/mol. The smallest absolute Gasteiger partial charge is 0.253 e. The van der Waals surface area contributed by atoms with Gasteiger partial charge in [0.1, 0.15) is 11.8 Å². The van der Waals surface area contributed by atoms with Crippen molar-refractivity contribution in [2.45, 2.75) is 16.8 Å². The van der Waals surface area contributed by atoms with Crippen molar-refractivity contribution < 1.29 is 9.21 Å². The lowest BCUT2D eigenvalue weighted by molar-refractivity contribution is -0.130. The summed E-state index contributed by atoms with van der Waals surface area (Å²) in [5, 5.41) is 19.0. The molecule has 10 heteroatoms. The van der Waals surface area contributed by atoms with Gasteiger partial charge < -0.3 is 9.73 Å². The van der Waals surface area contributed by atoms with Crippen LogP contribution in [0.25, 0.3) is 0 Å². The molecule has 1 aliphatic heterocycles. The SMILES string of the molecule is O=C(CSc1nnc(Nc2ccccc2)s1)N1N=C(c2ccc(Cl)cc2)C[C@H]1c1ccco1. The first-order valence-electron chi connectivity index (χ1n) is 10.1. The molecule has 0 radical (unpaired) electrons. The third kappa shape index (κ3) is 5.11. The number of halogens is 1. The molecular formula is C23H18ClN5O2S2. The van der Waals surface area contributed by atoms with Gasteiger partial charge in [0.2, 0.25) is 5.13 Å². The Morgan fingerprint density at radius 3 is 2.70 bits per heavy atom. The standard InChI is InChI=1S/C23H18ClN5O2S2/c24-16-10-8-15(9-11-16)18-13-19(20-7-4-12-31-20)29(28-18)21(30)14-32-23-27-26-22(33-23)25-17-5-2-1-3-6-17/h1-12,19H,13-14H2,(H,25,26)/t19-/m0/s1. The quantitative estimate of drug-likeness (QED) is 0.317. The third-order valence-corrected chi connectivity index (χ3v) is 7.17. The van der Waals surface area contributed by atoms with E-state index in [9.17, 15) is 4.79 Å². The topological polar surface area (TPSA) is 83.6 Å². The number of carbonyl (C=O) groups excluding carboxylic acids is 1. The van der Waals surface area contributed by atoms with Crippen molar-refractivity contribution in [3.05, 3.63) is 89.3 Å². The Morgan fingerprint density at radius 1 is 1.12 bits per heavy atom. The number of aromatic nitrogens is 2. The van der Waals surface area contributed by atoms with Crippen LogP contribution in [0.3, 0.4) is 0 Å². The summed E-state index contributed by atoms with van der Waals surface area (Å²) in [6.45, 7) is 0. The fraction of sp³-hybridized carbons (Fsp3) is 0.130. The van der Waals surface area contributed by atoms with E-state index in [-0.39, 0.29) is 17.7 Å². The zero-order valence-corrected chi connectivity index (χ0v) is 19.6. The number of furan rings is 1. The Bertz CT molecular complexity index is 1260. The minimum absolute atomic E-state index is 0.127. The first kappa shape index (κ1) is 21.7. The number of para-hydroxylation sites is 1. The average molecular weight is 496 g/mol. The van der Waals surface area contributed by atoms with Gasteiger partial charge in [-0.05, 0) is 42.0 Å². The summed E-state index contributed by atoms with van der Waals surface area (Å²) in [5.41, 5.74) is 2.68. The van der Waals surface area contributed by atoms with Crippen molar-refractivity contribution in [1.29, 1.82) is 0 Å². The number of hydrogen-bond acceptors (Lipinski definition) is 8. The Morgan fingerprint density at radius 2 is 1.94 bits per heavy atom. The van der Waals surface area contributed by atoms with Crippen LogP contribution in [0.2, 0.25) is 5.02 Å². The molecule has 0 unspecified atom stereocenters. The molecule has 1 N–H and O–H groups in total. The van der Waals surface area contributed by atoms with Crippen LogP contribution in [0.15, 0.2) is 86.9 Å². The molecule has 0 spiro atoms. The second-order valence-corrected chi connectivity index (χ2v) is 9.82. The highest BCUT2D eigenvalue weighted by molar-refractivity contribution is 8.01. The fourth-order valence-corrected chi connectivity index (χ4v) is 5.16. The molecule has 0 aliphatic carbocycles. The highest BCUT2D eigenvalue weighted by Crippen LogP contribution is 2.35. The molecule has 1 aliphatic rings. The largest absolute Gasteiger partial charge is 0.467 e. The number of nitrogens with zero attached hydrogens (tertiary/aromatic N) is 4. The zero-order valence-electron chi connectivity index (χ0n) is 17.2. The van der Waals surface area contributed by atoms with Crippen LogP contribution in [0.5, 0.6) is 0 Å². The summed E-state index contributed by atoms with van der Waals surface area (Å²) in [5.74, 6) is 0.763. The summed E-state index contributed by atoms with van der Waals surface area (Å²) in [6.07, 6.45) is 2.17. The molecule has 2 aromatic heterocycles. The molecule has 33 heavy (non-hydrogen) atoms. The number of nitrogens with one attached hydrogen (secondary N) is 1. The molecule has 0 saturated carbocycles. The lowest BCUT2D eigenvalue weighted by Crippen LogP contribution is -2.28. The van der Waals surface area contributed by atoms with Gasteiger partial charge in [0.05, 0.1) is 17.7 Å². The second-order valence-electron chi connectivity index (χ2n) is 7.18. The maximum atomic E-state index is 13.1. The van der Waals surface area contributed by atoms with Crippen LogP contribution < -0.4 is 5.32 Å². The van der Waals surface area contributed by atoms with Crippen molar-refractivity contribution in [3.8, 4) is 0 Å². The predicted octanol–water partition coefficient (Wildman–Crippen LogP) is 6.00. The molecule has 166 valence electrons. The molecule has 4 aromatic rings. The molecule has 2 aromatic carbocycles. The lowest BCUT2D eigenvalue weighted by atomic mass is 10.0. The lowest BCUT2D eigenvalue weighted by Gasteiger charge is -2.19. The normalized spacial score (nSPS) is 15.5. The summed E-state index contributed by atoms with van der Waals surface area (Å²) < 4.78 is 6.31. The Labute approximate surface area is 203 Å². The van der Waals surface area contributed by atoms with E-state index in [1.807, 2.05) is 66.7 Å². The monoisotopic (exact) mass is 495 g/mol. The zero-order chi connectivity index (χ0) is 22.6. The van der Waals surface area contributed by atoms with E-state index in [0.29, 0.717) is 26.7 Å². The molecule has 7 nitrogen and oxygen atoms in total.